The highest BCUT2D eigenvalue weighted by Gasteiger charge is 2.13. The number of aromatic nitrogens is 1. The Morgan fingerprint density at radius 2 is 1.75 bits per heavy atom. The van der Waals surface area contributed by atoms with E-state index in [0.29, 0.717) is 6.54 Å². The summed E-state index contributed by atoms with van der Waals surface area (Å²) in [5.74, 6) is 0. The molecule has 3 nitrogen and oxygen atoms in total. The Morgan fingerprint density at radius 3 is 2.35 bits per heavy atom. The average molecular weight is 272 g/mol. The molecule has 0 aliphatic carbocycles. The molecule has 0 aliphatic heterocycles. The van der Waals surface area contributed by atoms with Crippen molar-refractivity contribution in [3.8, 4) is 5.69 Å². The summed E-state index contributed by atoms with van der Waals surface area (Å²) in [6.45, 7) is 11.1. The summed E-state index contributed by atoms with van der Waals surface area (Å²) >= 11 is 0. The highest BCUT2D eigenvalue weighted by Crippen LogP contribution is 2.20. The molecule has 0 unspecified atom stereocenters. The van der Waals surface area contributed by atoms with Gasteiger partial charge in [-0.1, -0.05) is 18.2 Å². The van der Waals surface area contributed by atoms with Gasteiger partial charge in [-0.15, -0.1) is 0 Å². The van der Waals surface area contributed by atoms with Gasteiger partial charge in [-0.25, -0.2) is 0 Å². The molecular weight excluding hydrogens is 248 g/mol. The van der Waals surface area contributed by atoms with E-state index in [0.717, 1.165) is 0 Å². The highest BCUT2D eigenvalue weighted by molar-refractivity contribution is 5.40. The van der Waals surface area contributed by atoms with Gasteiger partial charge in [0.1, 0.15) is 0 Å². The zero-order valence-electron chi connectivity index (χ0n) is 13.0. The number of para-hydroxylation sites is 1. The maximum Gasteiger partial charge on any atom is 0.0813 e. The van der Waals surface area contributed by atoms with Crippen LogP contribution >= 0.6 is 0 Å². The van der Waals surface area contributed by atoms with Crippen LogP contribution in [0.5, 0.6) is 0 Å². The highest BCUT2D eigenvalue weighted by atomic mass is 16.7. The van der Waals surface area contributed by atoms with E-state index in [-0.39, 0.29) is 5.60 Å². The van der Waals surface area contributed by atoms with Crippen molar-refractivity contribution in [2.75, 3.05) is 0 Å². The molecule has 0 fully saturated rings. The Hall–Kier alpha value is -1.58. The Morgan fingerprint density at radius 1 is 1.10 bits per heavy atom. The largest absolute Gasteiger partial charge is 0.318 e. The molecule has 1 heterocycles. The SMILES string of the molecule is Cc1cc(CNOC(C)(C)C)c(C)n1-c1ccccc1. The fourth-order valence-electron chi connectivity index (χ4n) is 2.31. The monoisotopic (exact) mass is 272 g/mol. The first kappa shape index (κ1) is 14.8. The van der Waals surface area contributed by atoms with Crippen LogP contribution in [0.2, 0.25) is 0 Å². The van der Waals surface area contributed by atoms with Crippen LogP contribution in [-0.2, 0) is 11.4 Å². The number of nitrogens with one attached hydrogen (secondary N) is 1. The summed E-state index contributed by atoms with van der Waals surface area (Å²) < 4.78 is 2.27. The predicted octanol–water partition coefficient (Wildman–Crippen LogP) is 3.91. The van der Waals surface area contributed by atoms with E-state index >= 15 is 0 Å². The van der Waals surface area contributed by atoms with Crippen molar-refractivity contribution in [2.45, 2.75) is 46.8 Å². The van der Waals surface area contributed by atoms with Crippen molar-refractivity contribution in [1.82, 2.24) is 10.0 Å². The molecule has 2 aromatic rings. The molecule has 0 atom stereocenters. The number of aryl methyl sites for hydroxylation is 1. The molecule has 0 bridgehead atoms. The lowest BCUT2D eigenvalue weighted by atomic mass is 10.2. The van der Waals surface area contributed by atoms with Gasteiger partial charge < -0.3 is 4.57 Å². The van der Waals surface area contributed by atoms with E-state index < -0.39 is 0 Å². The molecule has 1 aromatic heterocycles. The molecular formula is C17H24N2O. The Kier molecular flexibility index (Phi) is 4.31. The first-order valence-corrected chi connectivity index (χ1v) is 7.02. The van der Waals surface area contributed by atoms with Crippen LogP contribution in [0.25, 0.3) is 5.69 Å². The molecule has 1 aromatic carbocycles. The normalized spacial score (nSPS) is 11.8. The van der Waals surface area contributed by atoms with Gasteiger partial charge in [0.05, 0.1) is 5.60 Å². The summed E-state index contributed by atoms with van der Waals surface area (Å²) in [4.78, 5) is 5.58. The fraction of sp³-hybridized carbons (Fsp3) is 0.412. The summed E-state index contributed by atoms with van der Waals surface area (Å²) in [6, 6.07) is 12.6. The Bertz CT molecular complexity index is 565. The Labute approximate surface area is 121 Å². The molecule has 0 saturated heterocycles. The van der Waals surface area contributed by atoms with Gasteiger partial charge in [-0.05, 0) is 58.4 Å². The number of rotatable bonds is 4. The van der Waals surface area contributed by atoms with Gasteiger partial charge in [0.15, 0.2) is 0 Å². The first-order chi connectivity index (χ1) is 9.38. The van der Waals surface area contributed by atoms with Crippen molar-refractivity contribution < 1.29 is 4.84 Å². The predicted molar refractivity (Wildman–Crippen MR) is 82.9 cm³/mol. The van der Waals surface area contributed by atoms with E-state index in [9.17, 15) is 0 Å². The first-order valence-electron chi connectivity index (χ1n) is 7.02. The van der Waals surface area contributed by atoms with Crippen molar-refractivity contribution in [3.63, 3.8) is 0 Å². The van der Waals surface area contributed by atoms with E-state index in [4.69, 9.17) is 4.84 Å². The van der Waals surface area contributed by atoms with Gasteiger partial charge in [0, 0.05) is 23.6 Å². The van der Waals surface area contributed by atoms with Crippen molar-refractivity contribution in [2.24, 2.45) is 0 Å². The minimum Gasteiger partial charge on any atom is -0.318 e. The second-order valence-electron chi connectivity index (χ2n) is 6.10. The third-order valence-electron chi connectivity index (χ3n) is 3.19. The molecule has 3 heteroatoms. The summed E-state index contributed by atoms with van der Waals surface area (Å²) in [7, 11) is 0. The van der Waals surface area contributed by atoms with Crippen LogP contribution in [0.4, 0.5) is 0 Å². The molecule has 0 spiro atoms. The maximum atomic E-state index is 5.58. The third-order valence-corrected chi connectivity index (χ3v) is 3.19. The molecule has 0 saturated carbocycles. The molecule has 0 radical (unpaired) electrons. The van der Waals surface area contributed by atoms with Gasteiger partial charge in [-0.2, -0.15) is 5.48 Å². The van der Waals surface area contributed by atoms with Gasteiger partial charge in [-0.3, -0.25) is 4.84 Å². The molecule has 108 valence electrons. The summed E-state index contributed by atoms with van der Waals surface area (Å²) in [5, 5.41) is 0. The average Bonchev–Trinajstić information content (AvgIpc) is 2.64. The molecule has 2 rings (SSSR count). The number of hydroxylamine groups is 1. The lowest BCUT2D eigenvalue weighted by Crippen LogP contribution is -2.28. The van der Waals surface area contributed by atoms with Crippen LogP contribution < -0.4 is 5.48 Å². The summed E-state index contributed by atoms with van der Waals surface area (Å²) in [5.41, 5.74) is 7.83. The van der Waals surface area contributed by atoms with E-state index in [2.05, 4.69) is 54.2 Å². The van der Waals surface area contributed by atoms with Gasteiger partial charge in [0.2, 0.25) is 0 Å². The number of benzene rings is 1. The van der Waals surface area contributed by atoms with E-state index in [1.807, 2.05) is 26.8 Å². The van der Waals surface area contributed by atoms with Crippen molar-refractivity contribution >= 4 is 0 Å². The van der Waals surface area contributed by atoms with Crippen LogP contribution in [-0.4, -0.2) is 10.2 Å². The van der Waals surface area contributed by atoms with E-state index in [1.165, 1.54) is 22.6 Å². The van der Waals surface area contributed by atoms with Crippen LogP contribution in [0.1, 0.15) is 37.7 Å². The van der Waals surface area contributed by atoms with Gasteiger partial charge >= 0.3 is 0 Å². The standard InChI is InChI=1S/C17H24N2O/c1-13-11-15(12-18-20-17(3,4)5)14(2)19(13)16-9-7-6-8-10-16/h6-11,18H,12H2,1-5H3. The Balaban J connectivity index is 2.17. The van der Waals surface area contributed by atoms with E-state index in [1.54, 1.807) is 0 Å². The lowest BCUT2D eigenvalue weighted by Gasteiger charge is -2.19. The van der Waals surface area contributed by atoms with Crippen molar-refractivity contribution in [3.05, 3.63) is 53.3 Å². The second-order valence-corrected chi connectivity index (χ2v) is 6.10. The maximum absolute atomic E-state index is 5.58. The smallest absolute Gasteiger partial charge is 0.0813 e. The minimum absolute atomic E-state index is 0.176. The zero-order chi connectivity index (χ0) is 14.8. The topological polar surface area (TPSA) is 26.2 Å². The molecule has 0 amide bonds. The molecule has 20 heavy (non-hydrogen) atoms. The third kappa shape index (κ3) is 3.50. The van der Waals surface area contributed by atoms with Crippen molar-refractivity contribution in [1.29, 1.82) is 0 Å². The minimum atomic E-state index is -0.176. The second kappa shape index (κ2) is 5.81. The molecule has 0 aliphatic rings. The lowest BCUT2D eigenvalue weighted by molar-refractivity contribution is -0.0758. The fourth-order valence-corrected chi connectivity index (χ4v) is 2.31. The number of hydrogen-bond acceptors (Lipinski definition) is 2. The zero-order valence-corrected chi connectivity index (χ0v) is 13.0. The molecule has 1 N–H and O–H groups in total. The van der Waals surface area contributed by atoms with Crippen LogP contribution in [0.15, 0.2) is 36.4 Å². The summed E-state index contributed by atoms with van der Waals surface area (Å²) in [6.07, 6.45) is 0. The quantitative estimate of drug-likeness (QED) is 0.854. The van der Waals surface area contributed by atoms with Crippen LogP contribution in [0, 0.1) is 13.8 Å². The number of hydrogen-bond donors (Lipinski definition) is 1. The van der Waals surface area contributed by atoms with Crippen LogP contribution in [0.3, 0.4) is 0 Å². The van der Waals surface area contributed by atoms with Gasteiger partial charge in [0.25, 0.3) is 0 Å². The number of nitrogens with zero attached hydrogens (tertiary/aromatic N) is 1.